The SMILES string of the molecule is C=C1CCC(C)(C(=O)N2CCC(O)(Cn3cnc(-c4ccccc4F)cc3=O)CC2)CC1. The predicted molar refractivity (Wildman–Crippen MR) is 120 cm³/mol. The molecule has 1 aliphatic heterocycles. The van der Waals surface area contributed by atoms with E-state index in [1.807, 2.05) is 11.8 Å². The molecule has 2 aliphatic rings. The maximum atomic E-state index is 14.0. The number of aliphatic hydroxyl groups is 1. The lowest BCUT2D eigenvalue weighted by Crippen LogP contribution is -2.53. The number of benzene rings is 1. The zero-order valence-corrected chi connectivity index (χ0v) is 18.5. The Bertz CT molecular complexity index is 1080. The summed E-state index contributed by atoms with van der Waals surface area (Å²) in [6.45, 7) is 7.08. The summed E-state index contributed by atoms with van der Waals surface area (Å²) in [5, 5.41) is 11.1. The van der Waals surface area contributed by atoms with Gasteiger partial charge in [0.2, 0.25) is 5.91 Å². The minimum atomic E-state index is -1.09. The van der Waals surface area contributed by atoms with E-state index in [4.69, 9.17) is 0 Å². The van der Waals surface area contributed by atoms with Crippen molar-refractivity contribution >= 4 is 5.91 Å². The molecule has 1 saturated carbocycles. The highest BCUT2D eigenvalue weighted by molar-refractivity contribution is 5.82. The van der Waals surface area contributed by atoms with E-state index in [1.54, 1.807) is 18.2 Å². The van der Waals surface area contributed by atoms with Gasteiger partial charge in [0.25, 0.3) is 5.56 Å². The van der Waals surface area contributed by atoms with Gasteiger partial charge in [0.15, 0.2) is 0 Å². The highest BCUT2D eigenvalue weighted by atomic mass is 19.1. The van der Waals surface area contributed by atoms with E-state index in [0.717, 1.165) is 25.7 Å². The number of aromatic nitrogens is 2. The van der Waals surface area contributed by atoms with Gasteiger partial charge >= 0.3 is 0 Å². The summed E-state index contributed by atoms with van der Waals surface area (Å²) in [6, 6.07) is 7.46. The minimum absolute atomic E-state index is 0.0928. The first-order valence-electron chi connectivity index (χ1n) is 11.2. The molecule has 1 aromatic heterocycles. The quantitative estimate of drug-likeness (QED) is 0.740. The van der Waals surface area contributed by atoms with Gasteiger partial charge in [-0.25, -0.2) is 9.37 Å². The van der Waals surface area contributed by atoms with Crippen LogP contribution in [0.4, 0.5) is 4.39 Å². The van der Waals surface area contributed by atoms with Gasteiger partial charge in [-0.1, -0.05) is 31.2 Å². The second-order valence-corrected chi connectivity index (χ2v) is 9.55. The zero-order valence-electron chi connectivity index (χ0n) is 18.5. The number of hydrogen-bond donors (Lipinski definition) is 1. The Labute approximate surface area is 187 Å². The zero-order chi connectivity index (χ0) is 22.9. The van der Waals surface area contributed by atoms with E-state index in [0.29, 0.717) is 25.9 Å². The summed E-state index contributed by atoms with van der Waals surface area (Å²) in [7, 11) is 0. The van der Waals surface area contributed by atoms with Gasteiger partial charge in [-0.15, -0.1) is 0 Å². The Morgan fingerprint density at radius 1 is 1.19 bits per heavy atom. The van der Waals surface area contributed by atoms with Gasteiger partial charge in [0, 0.05) is 30.1 Å². The summed E-state index contributed by atoms with van der Waals surface area (Å²) in [5.41, 5.74) is -0.0606. The summed E-state index contributed by atoms with van der Waals surface area (Å²) in [6.07, 6.45) is 5.56. The van der Waals surface area contributed by atoms with Crippen molar-refractivity contribution in [2.45, 2.75) is 57.6 Å². The summed E-state index contributed by atoms with van der Waals surface area (Å²) in [4.78, 5) is 31.8. The van der Waals surface area contributed by atoms with Crippen LogP contribution in [0.15, 0.2) is 53.6 Å². The van der Waals surface area contributed by atoms with Crippen LogP contribution < -0.4 is 5.56 Å². The van der Waals surface area contributed by atoms with Crippen molar-refractivity contribution in [2.75, 3.05) is 13.1 Å². The van der Waals surface area contributed by atoms with Crippen LogP contribution >= 0.6 is 0 Å². The maximum Gasteiger partial charge on any atom is 0.253 e. The number of amides is 1. The van der Waals surface area contributed by atoms with E-state index in [9.17, 15) is 19.1 Å². The number of hydrogen-bond acceptors (Lipinski definition) is 4. The molecule has 0 unspecified atom stereocenters. The van der Waals surface area contributed by atoms with Crippen LogP contribution in [0.2, 0.25) is 0 Å². The highest BCUT2D eigenvalue weighted by Crippen LogP contribution is 2.40. The van der Waals surface area contributed by atoms with Crippen molar-refractivity contribution in [1.29, 1.82) is 0 Å². The Balaban J connectivity index is 1.41. The Hall–Kier alpha value is -2.80. The van der Waals surface area contributed by atoms with Crippen LogP contribution in [0, 0.1) is 11.2 Å². The van der Waals surface area contributed by atoms with E-state index in [-0.39, 0.29) is 34.7 Å². The molecule has 0 bridgehead atoms. The first-order chi connectivity index (χ1) is 15.2. The molecule has 32 heavy (non-hydrogen) atoms. The number of allylic oxidation sites excluding steroid dienone is 1. The number of nitrogens with zero attached hydrogens (tertiary/aromatic N) is 3. The molecule has 1 N–H and O–H groups in total. The third kappa shape index (κ3) is 4.53. The predicted octanol–water partition coefficient (Wildman–Crippen LogP) is 3.54. The van der Waals surface area contributed by atoms with Crippen molar-refractivity contribution in [3.63, 3.8) is 0 Å². The summed E-state index contributed by atoms with van der Waals surface area (Å²) >= 11 is 0. The normalized spacial score (nSPS) is 20.2. The smallest absolute Gasteiger partial charge is 0.253 e. The fraction of sp³-hybridized carbons (Fsp3) is 0.480. The third-order valence-corrected chi connectivity index (χ3v) is 7.05. The van der Waals surface area contributed by atoms with Crippen LogP contribution in [-0.2, 0) is 11.3 Å². The molecule has 2 aromatic rings. The van der Waals surface area contributed by atoms with Crippen LogP contribution in [-0.4, -0.2) is 44.2 Å². The van der Waals surface area contributed by atoms with Crippen molar-refractivity contribution in [1.82, 2.24) is 14.5 Å². The number of halogens is 1. The fourth-order valence-electron chi connectivity index (χ4n) is 4.71. The molecular formula is C25H30FN3O3. The Kier molecular flexibility index (Phi) is 6.03. The van der Waals surface area contributed by atoms with Crippen LogP contribution in [0.3, 0.4) is 0 Å². The van der Waals surface area contributed by atoms with Gasteiger partial charge in [-0.05, 0) is 50.7 Å². The van der Waals surface area contributed by atoms with Crippen LogP contribution in [0.1, 0.15) is 45.4 Å². The van der Waals surface area contributed by atoms with E-state index < -0.39 is 11.4 Å². The van der Waals surface area contributed by atoms with E-state index in [2.05, 4.69) is 11.6 Å². The maximum absolute atomic E-state index is 14.0. The molecule has 0 radical (unpaired) electrons. The van der Waals surface area contributed by atoms with Gasteiger partial charge in [-0.2, -0.15) is 0 Å². The van der Waals surface area contributed by atoms with Crippen LogP contribution in [0.5, 0.6) is 0 Å². The van der Waals surface area contributed by atoms with Crippen molar-refractivity contribution < 1.29 is 14.3 Å². The monoisotopic (exact) mass is 439 g/mol. The molecule has 1 saturated heterocycles. The second kappa shape index (κ2) is 8.62. The molecule has 1 aliphatic carbocycles. The van der Waals surface area contributed by atoms with E-state index in [1.165, 1.54) is 28.6 Å². The molecule has 1 amide bonds. The molecule has 1 aromatic carbocycles. The minimum Gasteiger partial charge on any atom is -0.388 e. The lowest BCUT2D eigenvalue weighted by Gasteiger charge is -2.43. The highest BCUT2D eigenvalue weighted by Gasteiger charge is 2.42. The van der Waals surface area contributed by atoms with Gasteiger partial charge in [0.1, 0.15) is 5.82 Å². The molecule has 2 fully saturated rings. The number of carbonyl (C=O) groups excluding carboxylic acids is 1. The number of likely N-dealkylation sites (tertiary alicyclic amines) is 1. The molecule has 4 rings (SSSR count). The average Bonchev–Trinajstić information content (AvgIpc) is 2.78. The number of piperidine rings is 1. The first kappa shape index (κ1) is 22.4. The Morgan fingerprint density at radius 2 is 1.84 bits per heavy atom. The molecule has 0 spiro atoms. The first-order valence-corrected chi connectivity index (χ1v) is 11.2. The molecule has 6 nitrogen and oxygen atoms in total. The molecule has 2 heterocycles. The lowest BCUT2D eigenvalue weighted by molar-refractivity contribution is -0.147. The Morgan fingerprint density at radius 3 is 2.47 bits per heavy atom. The number of rotatable bonds is 4. The third-order valence-electron chi connectivity index (χ3n) is 7.05. The largest absolute Gasteiger partial charge is 0.388 e. The molecule has 170 valence electrons. The summed E-state index contributed by atoms with van der Waals surface area (Å²) < 4.78 is 15.4. The van der Waals surface area contributed by atoms with Gasteiger partial charge in [-0.3, -0.25) is 14.2 Å². The van der Waals surface area contributed by atoms with E-state index >= 15 is 0 Å². The van der Waals surface area contributed by atoms with Crippen molar-refractivity contribution in [2.24, 2.45) is 5.41 Å². The lowest BCUT2D eigenvalue weighted by atomic mass is 9.73. The second-order valence-electron chi connectivity index (χ2n) is 9.55. The fourth-order valence-corrected chi connectivity index (χ4v) is 4.71. The van der Waals surface area contributed by atoms with Gasteiger partial charge in [0.05, 0.1) is 24.2 Å². The van der Waals surface area contributed by atoms with Crippen LogP contribution in [0.25, 0.3) is 11.3 Å². The molecule has 0 atom stereocenters. The summed E-state index contributed by atoms with van der Waals surface area (Å²) in [5.74, 6) is -0.288. The van der Waals surface area contributed by atoms with Gasteiger partial charge < -0.3 is 10.0 Å². The average molecular weight is 440 g/mol. The number of carbonyl (C=O) groups is 1. The molecular weight excluding hydrogens is 409 g/mol. The molecule has 7 heteroatoms. The van der Waals surface area contributed by atoms with Crippen molar-refractivity contribution in [3.8, 4) is 11.3 Å². The van der Waals surface area contributed by atoms with Crippen molar-refractivity contribution in [3.05, 3.63) is 65.0 Å². The topological polar surface area (TPSA) is 75.4 Å². The standard InChI is InChI=1S/C25H30FN3O3/c1-18-7-9-24(2,10-8-18)23(31)28-13-11-25(32,12-14-28)16-29-17-27-21(15-22(29)30)19-5-3-4-6-20(19)26/h3-6,15,17,32H,1,7-14,16H2,2H3.